The Morgan fingerprint density at radius 3 is 2.34 bits per heavy atom. The Labute approximate surface area is 190 Å². The van der Waals surface area contributed by atoms with Crippen LogP contribution in [0.3, 0.4) is 0 Å². The molecule has 3 aromatic rings. The van der Waals surface area contributed by atoms with Gasteiger partial charge in [0.15, 0.2) is 0 Å². The number of hydrogen-bond donors (Lipinski definition) is 2. The van der Waals surface area contributed by atoms with E-state index in [1.165, 1.54) is 6.21 Å². The topological polar surface area (TPSA) is 96.9 Å². The van der Waals surface area contributed by atoms with Crippen molar-refractivity contribution in [3.63, 3.8) is 0 Å². The van der Waals surface area contributed by atoms with Crippen LogP contribution in [-0.2, 0) is 9.59 Å². The van der Waals surface area contributed by atoms with Gasteiger partial charge in [-0.15, -0.1) is 0 Å². The molecule has 0 radical (unpaired) electrons. The van der Waals surface area contributed by atoms with E-state index in [2.05, 4.69) is 15.8 Å². The second-order valence-corrected chi connectivity index (χ2v) is 7.25. The van der Waals surface area contributed by atoms with E-state index in [1.54, 1.807) is 61.5 Å². The molecule has 2 amide bonds. The number of esters is 1. The Morgan fingerprint density at radius 2 is 1.62 bits per heavy atom. The first kappa shape index (κ1) is 22.7. The van der Waals surface area contributed by atoms with Gasteiger partial charge in [-0.05, 0) is 73.0 Å². The van der Waals surface area contributed by atoms with Crippen LogP contribution in [0.25, 0.3) is 0 Å². The summed E-state index contributed by atoms with van der Waals surface area (Å²) in [6.45, 7) is 3.57. The number of halogens is 1. The Hall–Kier alpha value is -3.97. The van der Waals surface area contributed by atoms with Crippen molar-refractivity contribution in [2.45, 2.75) is 13.8 Å². The molecule has 0 atom stereocenters. The lowest BCUT2D eigenvalue weighted by Crippen LogP contribution is -2.32. The Morgan fingerprint density at radius 1 is 0.906 bits per heavy atom. The third-order valence-electron chi connectivity index (χ3n) is 4.56. The molecule has 162 valence electrons. The summed E-state index contributed by atoms with van der Waals surface area (Å²) in [5.41, 5.74) is 5.21. The molecule has 0 fully saturated rings. The number of anilines is 1. The molecule has 3 rings (SSSR count). The normalized spacial score (nSPS) is 10.6. The van der Waals surface area contributed by atoms with Crippen LogP contribution >= 0.6 is 11.6 Å². The van der Waals surface area contributed by atoms with Crippen molar-refractivity contribution < 1.29 is 19.1 Å². The van der Waals surface area contributed by atoms with Crippen LogP contribution in [0.4, 0.5) is 5.69 Å². The maximum atomic E-state index is 12.3. The van der Waals surface area contributed by atoms with E-state index in [0.29, 0.717) is 33.1 Å². The zero-order valence-electron chi connectivity index (χ0n) is 17.4. The lowest BCUT2D eigenvalue weighted by Gasteiger charge is -2.08. The molecule has 0 heterocycles. The SMILES string of the molecule is Cc1ccccc1C(=O)Oc1ccc(/C=N\NC(=O)C(=O)Nc2cccc(Cl)c2C)cc1. The highest BCUT2D eigenvalue weighted by atomic mass is 35.5. The van der Waals surface area contributed by atoms with E-state index in [1.807, 2.05) is 19.1 Å². The van der Waals surface area contributed by atoms with Crippen molar-refractivity contribution in [2.24, 2.45) is 5.10 Å². The lowest BCUT2D eigenvalue weighted by atomic mass is 10.1. The van der Waals surface area contributed by atoms with Gasteiger partial charge in [-0.25, -0.2) is 10.2 Å². The second kappa shape index (κ2) is 10.4. The van der Waals surface area contributed by atoms with Gasteiger partial charge >= 0.3 is 17.8 Å². The number of amides is 2. The van der Waals surface area contributed by atoms with Crippen LogP contribution < -0.4 is 15.5 Å². The maximum Gasteiger partial charge on any atom is 0.343 e. The van der Waals surface area contributed by atoms with E-state index in [-0.39, 0.29) is 0 Å². The van der Waals surface area contributed by atoms with Gasteiger partial charge in [0.1, 0.15) is 5.75 Å². The predicted octanol–water partition coefficient (Wildman–Crippen LogP) is 4.26. The second-order valence-electron chi connectivity index (χ2n) is 6.84. The molecular formula is C24H20ClN3O4. The van der Waals surface area contributed by atoms with Gasteiger partial charge < -0.3 is 10.1 Å². The van der Waals surface area contributed by atoms with E-state index in [9.17, 15) is 14.4 Å². The highest BCUT2D eigenvalue weighted by molar-refractivity contribution is 6.40. The summed E-state index contributed by atoms with van der Waals surface area (Å²) in [7, 11) is 0. The first-order valence-corrected chi connectivity index (χ1v) is 10.0. The number of benzene rings is 3. The summed E-state index contributed by atoms with van der Waals surface area (Å²) in [4.78, 5) is 36.2. The van der Waals surface area contributed by atoms with Crippen molar-refractivity contribution in [3.8, 4) is 5.75 Å². The van der Waals surface area contributed by atoms with Gasteiger partial charge in [-0.2, -0.15) is 5.10 Å². The summed E-state index contributed by atoms with van der Waals surface area (Å²) in [5.74, 6) is -1.87. The van der Waals surface area contributed by atoms with Crippen LogP contribution in [-0.4, -0.2) is 24.0 Å². The van der Waals surface area contributed by atoms with Crippen LogP contribution in [0, 0.1) is 13.8 Å². The fourth-order valence-electron chi connectivity index (χ4n) is 2.72. The molecule has 8 heteroatoms. The zero-order valence-corrected chi connectivity index (χ0v) is 18.1. The lowest BCUT2D eigenvalue weighted by molar-refractivity contribution is -0.136. The van der Waals surface area contributed by atoms with Crippen molar-refractivity contribution in [3.05, 3.63) is 94.0 Å². The molecule has 0 saturated carbocycles. The number of carbonyl (C=O) groups is 3. The largest absolute Gasteiger partial charge is 0.423 e. The van der Waals surface area contributed by atoms with E-state index < -0.39 is 17.8 Å². The Balaban J connectivity index is 1.53. The van der Waals surface area contributed by atoms with Gasteiger partial charge in [-0.3, -0.25) is 9.59 Å². The zero-order chi connectivity index (χ0) is 23.1. The minimum atomic E-state index is -0.926. The smallest absolute Gasteiger partial charge is 0.343 e. The summed E-state index contributed by atoms with van der Waals surface area (Å²) >= 11 is 6.00. The molecule has 0 saturated heterocycles. The highest BCUT2D eigenvalue weighted by Gasteiger charge is 2.15. The van der Waals surface area contributed by atoms with Gasteiger partial charge in [-0.1, -0.05) is 35.9 Å². The Kier molecular flexibility index (Phi) is 7.36. The number of aryl methyl sites for hydroxylation is 1. The molecule has 0 unspecified atom stereocenters. The summed E-state index contributed by atoms with van der Waals surface area (Å²) in [6.07, 6.45) is 1.36. The number of hydrazone groups is 1. The summed E-state index contributed by atoms with van der Waals surface area (Å²) in [5, 5.41) is 6.74. The van der Waals surface area contributed by atoms with Gasteiger partial charge in [0.05, 0.1) is 11.8 Å². The molecule has 0 aliphatic carbocycles. The first-order chi connectivity index (χ1) is 15.3. The molecule has 0 bridgehead atoms. The van der Waals surface area contributed by atoms with E-state index in [0.717, 1.165) is 5.56 Å². The number of nitrogens with zero attached hydrogens (tertiary/aromatic N) is 1. The number of ether oxygens (including phenoxy) is 1. The average molecular weight is 450 g/mol. The Bertz CT molecular complexity index is 1190. The predicted molar refractivity (Wildman–Crippen MR) is 123 cm³/mol. The van der Waals surface area contributed by atoms with Gasteiger partial charge in [0, 0.05) is 10.7 Å². The van der Waals surface area contributed by atoms with Crippen LogP contribution in [0.15, 0.2) is 71.8 Å². The molecule has 2 N–H and O–H groups in total. The summed E-state index contributed by atoms with van der Waals surface area (Å²) < 4.78 is 5.37. The minimum Gasteiger partial charge on any atom is -0.423 e. The number of rotatable bonds is 5. The van der Waals surface area contributed by atoms with Crippen molar-refractivity contribution >= 4 is 41.3 Å². The van der Waals surface area contributed by atoms with Crippen molar-refractivity contribution in [1.29, 1.82) is 0 Å². The molecule has 0 aliphatic rings. The highest BCUT2D eigenvalue weighted by Crippen LogP contribution is 2.22. The molecular weight excluding hydrogens is 430 g/mol. The van der Waals surface area contributed by atoms with E-state index >= 15 is 0 Å². The maximum absolute atomic E-state index is 12.3. The quantitative estimate of drug-likeness (QED) is 0.200. The fourth-order valence-corrected chi connectivity index (χ4v) is 2.90. The van der Waals surface area contributed by atoms with Crippen molar-refractivity contribution in [1.82, 2.24) is 5.43 Å². The van der Waals surface area contributed by atoms with Crippen LogP contribution in [0.2, 0.25) is 5.02 Å². The number of carbonyl (C=O) groups excluding carboxylic acids is 3. The first-order valence-electron chi connectivity index (χ1n) is 9.62. The monoisotopic (exact) mass is 449 g/mol. The van der Waals surface area contributed by atoms with Crippen LogP contribution in [0.5, 0.6) is 5.75 Å². The molecule has 3 aromatic carbocycles. The van der Waals surface area contributed by atoms with E-state index in [4.69, 9.17) is 16.3 Å². The van der Waals surface area contributed by atoms with Crippen LogP contribution in [0.1, 0.15) is 27.0 Å². The molecule has 7 nitrogen and oxygen atoms in total. The molecule has 32 heavy (non-hydrogen) atoms. The standard InChI is InChI=1S/C24H20ClN3O4/c1-15-6-3-4-7-19(15)24(31)32-18-12-10-17(11-13-18)14-26-28-23(30)22(29)27-21-9-5-8-20(25)16(21)2/h3-14H,1-2H3,(H,27,29)(H,28,30)/b26-14-. The number of nitrogens with one attached hydrogen (secondary N) is 2. The third kappa shape index (κ3) is 5.80. The van der Waals surface area contributed by atoms with Gasteiger partial charge in [0.2, 0.25) is 0 Å². The molecule has 0 spiro atoms. The minimum absolute atomic E-state index is 0.371. The van der Waals surface area contributed by atoms with Crippen molar-refractivity contribution in [2.75, 3.05) is 5.32 Å². The molecule has 0 aromatic heterocycles. The summed E-state index contributed by atoms with van der Waals surface area (Å²) in [6, 6.07) is 18.7. The number of hydrogen-bond acceptors (Lipinski definition) is 5. The molecule has 0 aliphatic heterocycles. The third-order valence-corrected chi connectivity index (χ3v) is 4.97. The van der Waals surface area contributed by atoms with Gasteiger partial charge in [0.25, 0.3) is 0 Å². The fraction of sp³-hybridized carbons (Fsp3) is 0.0833. The average Bonchev–Trinajstić information content (AvgIpc) is 2.78.